The molecule has 2 amide bonds. The van der Waals surface area contributed by atoms with Crippen LogP contribution in [-0.4, -0.2) is 30.9 Å². The molecule has 1 aromatic rings. The number of hydrogen-bond donors (Lipinski definition) is 3. The summed E-state index contributed by atoms with van der Waals surface area (Å²) in [5, 5.41) is 8.78. The fraction of sp³-hybridized carbons (Fsp3) is 0.467. The van der Waals surface area contributed by atoms with Gasteiger partial charge in [-0.2, -0.15) is 0 Å². The molecule has 2 rings (SSSR count). The van der Waals surface area contributed by atoms with Gasteiger partial charge in [0.15, 0.2) is 0 Å². The first-order valence-electron chi connectivity index (χ1n) is 7.05. The van der Waals surface area contributed by atoms with Crippen LogP contribution < -0.4 is 16.0 Å². The van der Waals surface area contributed by atoms with Crippen molar-refractivity contribution < 1.29 is 9.59 Å². The van der Waals surface area contributed by atoms with E-state index in [-0.39, 0.29) is 11.8 Å². The molecule has 0 aliphatic carbocycles. The summed E-state index contributed by atoms with van der Waals surface area (Å²) in [6.45, 7) is 5.46. The lowest BCUT2D eigenvalue weighted by atomic mass is 10.0. The van der Waals surface area contributed by atoms with Gasteiger partial charge >= 0.3 is 0 Å². The Bertz CT molecular complexity index is 514. The molecule has 0 bridgehead atoms. The van der Waals surface area contributed by atoms with Gasteiger partial charge in [0.2, 0.25) is 5.91 Å². The third-order valence-electron chi connectivity index (χ3n) is 3.44. The number of carbonyl (C=O) groups excluding carboxylic acids is 2. The maximum Gasteiger partial charge on any atom is 0.252 e. The van der Waals surface area contributed by atoms with E-state index in [4.69, 9.17) is 0 Å². The highest BCUT2D eigenvalue weighted by Gasteiger charge is 2.24. The Hall–Kier alpha value is -2.04. The van der Waals surface area contributed by atoms with Gasteiger partial charge in [-0.25, -0.2) is 0 Å². The highest BCUT2D eigenvalue weighted by atomic mass is 16.2. The fourth-order valence-electron chi connectivity index (χ4n) is 2.38. The monoisotopic (exact) mass is 275 g/mol. The SMILES string of the molecule is CCNc1ccc(C(=O)NC2CCCNC2=O)c(C)c1. The molecule has 1 unspecified atom stereocenters. The van der Waals surface area contributed by atoms with Crippen LogP contribution in [0.3, 0.4) is 0 Å². The van der Waals surface area contributed by atoms with Gasteiger partial charge < -0.3 is 16.0 Å². The summed E-state index contributed by atoms with van der Waals surface area (Å²) in [5.41, 5.74) is 2.51. The van der Waals surface area contributed by atoms with E-state index in [0.29, 0.717) is 18.5 Å². The second kappa shape index (κ2) is 6.41. The number of aryl methyl sites for hydroxylation is 1. The van der Waals surface area contributed by atoms with Crippen LogP contribution in [0.2, 0.25) is 0 Å². The summed E-state index contributed by atoms with van der Waals surface area (Å²) in [5.74, 6) is -0.279. The van der Waals surface area contributed by atoms with Crippen molar-refractivity contribution in [3.8, 4) is 0 Å². The summed E-state index contributed by atoms with van der Waals surface area (Å²) in [7, 11) is 0. The number of amides is 2. The van der Waals surface area contributed by atoms with Crippen molar-refractivity contribution in [1.82, 2.24) is 10.6 Å². The van der Waals surface area contributed by atoms with Crippen molar-refractivity contribution in [3.05, 3.63) is 29.3 Å². The standard InChI is InChI=1S/C15H21N3O2/c1-3-16-11-6-7-12(10(2)9-11)14(19)18-13-5-4-8-17-15(13)20/h6-7,9,13,16H,3-5,8H2,1-2H3,(H,17,20)(H,18,19). The van der Waals surface area contributed by atoms with Crippen molar-refractivity contribution in [3.63, 3.8) is 0 Å². The van der Waals surface area contributed by atoms with E-state index < -0.39 is 6.04 Å². The predicted octanol–water partition coefficient (Wildman–Crippen LogP) is 1.44. The molecule has 5 nitrogen and oxygen atoms in total. The first kappa shape index (κ1) is 14.4. The fourth-order valence-corrected chi connectivity index (χ4v) is 2.38. The first-order chi connectivity index (χ1) is 9.61. The molecule has 0 spiro atoms. The van der Waals surface area contributed by atoms with Crippen LogP contribution in [0.25, 0.3) is 0 Å². The van der Waals surface area contributed by atoms with E-state index in [0.717, 1.165) is 24.2 Å². The molecule has 0 aromatic heterocycles. The van der Waals surface area contributed by atoms with Gasteiger partial charge in [-0.1, -0.05) is 0 Å². The number of benzene rings is 1. The molecule has 1 aliphatic rings. The Morgan fingerprint density at radius 1 is 1.45 bits per heavy atom. The zero-order valence-electron chi connectivity index (χ0n) is 12.0. The average Bonchev–Trinajstić information content (AvgIpc) is 2.42. The van der Waals surface area contributed by atoms with E-state index in [2.05, 4.69) is 16.0 Å². The van der Waals surface area contributed by atoms with Gasteiger partial charge in [0, 0.05) is 24.3 Å². The third-order valence-corrected chi connectivity index (χ3v) is 3.44. The summed E-state index contributed by atoms with van der Waals surface area (Å²) < 4.78 is 0. The van der Waals surface area contributed by atoms with Crippen molar-refractivity contribution in [2.24, 2.45) is 0 Å². The average molecular weight is 275 g/mol. The number of hydrogen-bond acceptors (Lipinski definition) is 3. The number of rotatable bonds is 4. The van der Waals surface area contributed by atoms with Crippen LogP contribution in [0.15, 0.2) is 18.2 Å². The van der Waals surface area contributed by atoms with Crippen LogP contribution in [0.5, 0.6) is 0 Å². The van der Waals surface area contributed by atoms with Gasteiger partial charge in [0.05, 0.1) is 0 Å². The molecule has 1 saturated heterocycles. The van der Waals surface area contributed by atoms with Crippen LogP contribution in [-0.2, 0) is 4.79 Å². The quantitative estimate of drug-likeness (QED) is 0.778. The van der Waals surface area contributed by atoms with Gasteiger partial charge in [-0.15, -0.1) is 0 Å². The molecule has 1 aromatic carbocycles. The van der Waals surface area contributed by atoms with Gasteiger partial charge in [0.1, 0.15) is 6.04 Å². The second-order valence-electron chi connectivity index (χ2n) is 5.02. The van der Waals surface area contributed by atoms with Crippen LogP contribution in [0.4, 0.5) is 5.69 Å². The topological polar surface area (TPSA) is 70.2 Å². The molecular weight excluding hydrogens is 254 g/mol. The van der Waals surface area contributed by atoms with Crippen molar-refractivity contribution in [2.75, 3.05) is 18.4 Å². The molecule has 0 radical (unpaired) electrons. The lowest BCUT2D eigenvalue weighted by Crippen LogP contribution is -2.50. The Morgan fingerprint density at radius 3 is 2.90 bits per heavy atom. The maximum atomic E-state index is 12.2. The van der Waals surface area contributed by atoms with E-state index >= 15 is 0 Å². The smallest absolute Gasteiger partial charge is 0.252 e. The molecule has 20 heavy (non-hydrogen) atoms. The number of nitrogens with one attached hydrogen (secondary N) is 3. The lowest BCUT2D eigenvalue weighted by molar-refractivity contribution is -0.124. The zero-order valence-corrected chi connectivity index (χ0v) is 12.0. The van der Waals surface area contributed by atoms with E-state index in [1.54, 1.807) is 6.07 Å². The lowest BCUT2D eigenvalue weighted by Gasteiger charge is -2.23. The highest BCUT2D eigenvalue weighted by Crippen LogP contribution is 2.15. The number of piperidine rings is 1. The summed E-state index contributed by atoms with van der Waals surface area (Å²) in [6, 6.07) is 5.21. The van der Waals surface area contributed by atoms with Crippen molar-refractivity contribution in [2.45, 2.75) is 32.7 Å². The molecule has 1 fully saturated rings. The molecule has 1 atom stereocenters. The summed E-state index contributed by atoms with van der Waals surface area (Å²) >= 11 is 0. The maximum absolute atomic E-state index is 12.2. The highest BCUT2D eigenvalue weighted by molar-refractivity contribution is 5.99. The normalized spacial score (nSPS) is 18.3. The van der Waals surface area contributed by atoms with Crippen molar-refractivity contribution in [1.29, 1.82) is 0 Å². The van der Waals surface area contributed by atoms with Crippen LogP contribution >= 0.6 is 0 Å². The Balaban J connectivity index is 2.07. The number of carbonyl (C=O) groups is 2. The summed E-state index contributed by atoms with van der Waals surface area (Å²) in [4.78, 5) is 23.9. The van der Waals surface area contributed by atoms with E-state index in [1.165, 1.54) is 0 Å². The first-order valence-corrected chi connectivity index (χ1v) is 7.05. The van der Waals surface area contributed by atoms with Gasteiger partial charge in [0.25, 0.3) is 5.91 Å². The van der Waals surface area contributed by atoms with Crippen LogP contribution in [0.1, 0.15) is 35.7 Å². The van der Waals surface area contributed by atoms with E-state index in [1.807, 2.05) is 26.0 Å². The Morgan fingerprint density at radius 2 is 2.25 bits per heavy atom. The largest absolute Gasteiger partial charge is 0.385 e. The second-order valence-corrected chi connectivity index (χ2v) is 5.02. The van der Waals surface area contributed by atoms with Crippen molar-refractivity contribution >= 4 is 17.5 Å². The van der Waals surface area contributed by atoms with E-state index in [9.17, 15) is 9.59 Å². The molecule has 5 heteroatoms. The molecule has 1 heterocycles. The minimum absolute atomic E-state index is 0.0912. The van der Waals surface area contributed by atoms with Gasteiger partial charge in [-0.05, 0) is 50.5 Å². The molecule has 3 N–H and O–H groups in total. The summed E-state index contributed by atoms with van der Waals surface area (Å²) in [6.07, 6.45) is 1.60. The third kappa shape index (κ3) is 3.29. The predicted molar refractivity (Wildman–Crippen MR) is 78.8 cm³/mol. The Kier molecular flexibility index (Phi) is 4.61. The van der Waals surface area contributed by atoms with Crippen LogP contribution in [0, 0.1) is 6.92 Å². The zero-order chi connectivity index (χ0) is 14.5. The minimum Gasteiger partial charge on any atom is -0.385 e. The molecular formula is C15H21N3O2. The Labute approximate surface area is 119 Å². The molecule has 108 valence electrons. The van der Waals surface area contributed by atoms with Gasteiger partial charge in [-0.3, -0.25) is 9.59 Å². The molecule has 1 aliphatic heterocycles. The number of anilines is 1. The minimum atomic E-state index is -0.413. The molecule has 0 saturated carbocycles.